The van der Waals surface area contributed by atoms with E-state index in [1.165, 1.54) is 475 Å². The third kappa shape index (κ3) is 83.5. The minimum atomic E-state index is -0.841. The molecule has 0 rings (SSSR count). The molecule has 0 saturated heterocycles. The van der Waals surface area contributed by atoms with Crippen molar-refractivity contribution in [2.75, 3.05) is 13.2 Å². The van der Waals surface area contributed by atoms with E-state index in [9.17, 15) is 19.8 Å². The highest BCUT2D eigenvalue weighted by Crippen LogP contribution is 2.22. The Balaban J connectivity index is 3.30. The molecule has 0 aromatic rings. The molecule has 0 saturated carbocycles. The second kappa shape index (κ2) is 88.0. The zero-order valence-corrected chi connectivity index (χ0v) is 67.3. The fourth-order valence-electron chi connectivity index (χ4n) is 15.1. The lowest BCUT2D eigenvalue weighted by molar-refractivity contribution is -0.143. The Morgan fingerprint density at radius 3 is 0.694 bits per heavy atom. The van der Waals surface area contributed by atoms with Crippen molar-refractivity contribution in [1.82, 2.24) is 5.32 Å². The van der Waals surface area contributed by atoms with Crippen LogP contribution in [0.3, 0.4) is 0 Å². The van der Waals surface area contributed by atoms with Gasteiger partial charge < -0.3 is 20.3 Å². The number of carbonyl (C=O) groups excluding carboxylic acids is 2. The Morgan fingerprint density at radius 1 is 0.276 bits per heavy atom. The summed E-state index contributed by atoms with van der Waals surface area (Å²) in [5, 5.41) is 23.3. The SMILES string of the molecule is CCCCCCCCCCCCCCCCCCCCCCC/C=C/C(O)C(CO)NC(=O)CCCCCCCCCCCCCCCCCCCCCCCCCCCCCCCCCCCCCCCCCOC(=O)CCCCCCCCCCCCCCCCCCCCC. The molecule has 0 bridgehead atoms. The van der Waals surface area contributed by atoms with Crippen molar-refractivity contribution < 1.29 is 24.5 Å². The summed E-state index contributed by atoms with van der Waals surface area (Å²) in [4.78, 5) is 24.7. The van der Waals surface area contributed by atoms with Crippen LogP contribution in [0.5, 0.6) is 0 Å². The first kappa shape index (κ1) is 96.6. The van der Waals surface area contributed by atoms with Crippen molar-refractivity contribution in [2.45, 2.75) is 553 Å². The number of amides is 1. The first-order valence-electron chi connectivity index (χ1n) is 46.0. The van der Waals surface area contributed by atoms with Crippen LogP contribution in [0.25, 0.3) is 0 Å². The van der Waals surface area contributed by atoms with Crippen molar-refractivity contribution in [3.05, 3.63) is 12.2 Å². The van der Waals surface area contributed by atoms with Crippen molar-refractivity contribution in [3.63, 3.8) is 0 Å². The molecule has 0 fully saturated rings. The molecule has 3 N–H and O–H groups in total. The molecule has 0 aliphatic carbocycles. The molecule has 98 heavy (non-hydrogen) atoms. The van der Waals surface area contributed by atoms with Gasteiger partial charge >= 0.3 is 5.97 Å². The Morgan fingerprint density at radius 2 is 0.469 bits per heavy atom. The average Bonchev–Trinajstić information content (AvgIpc) is 1.53. The summed E-state index contributed by atoms with van der Waals surface area (Å²) in [6.45, 7) is 4.98. The smallest absolute Gasteiger partial charge is 0.305 e. The third-order valence-corrected chi connectivity index (χ3v) is 22.1. The number of hydrogen-bond donors (Lipinski definition) is 3. The molecule has 1 amide bonds. The fraction of sp³-hybridized carbons (Fsp3) is 0.957. The zero-order chi connectivity index (χ0) is 70.5. The van der Waals surface area contributed by atoms with Gasteiger partial charge in [-0.15, -0.1) is 0 Å². The van der Waals surface area contributed by atoms with E-state index in [2.05, 4.69) is 19.2 Å². The van der Waals surface area contributed by atoms with Gasteiger partial charge in [-0.25, -0.2) is 0 Å². The predicted octanol–water partition coefficient (Wildman–Crippen LogP) is 31.0. The molecule has 0 spiro atoms. The standard InChI is InChI=1S/C92H181NO5/c1-3-5-7-9-11-13-15-17-19-21-23-24-42-45-49-52-56-60-64-68-72-76-80-84-90(95)89(88-94)93-91(96)85-81-77-73-69-65-61-57-53-50-46-43-40-38-36-34-32-30-28-26-25-27-29-31-33-35-37-39-41-44-47-51-55-59-63-67-71-75-79-83-87-98-92(97)86-82-78-74-70-66-62-58-54-48-22-20-18-16-14-12-10-8-6-4-2/h80,84,89-90,94-95H,3-79,81-83,85-88H2,1-2H3,(H,93,96)/b84-80+. The maximum atomic E-state index is 12.6. The number of nitrogens with one attached hydrogen (secondary N) is 1. The Kier molecular flexibility index (Phi) is 86.7. The molecule has 584 valence electrons. The van der Waals surface area contributed by atoms with Crippen LogP contribution in [0, 0.1) is 0 Å². The number of rotatable bonds is 88. The lowest BCUT2D eigenvalue weighted by Gasteiger charge is -2.20. The summed E-state index contributed by atoms with van der Waals surface area (Å²) < 4.78 is 5.53. The lowest BCUT2D eigenvalue weighted by atomic mass is 10.0. The van der Waals surface area contributed by atoms with Crippen LogP contribution in [0.15, 0.2) is 12.2 Å². The molecule has 0 heterocycles. The highest BCUT2D eigenvalue weighted by Gasteiger charge is 2.18. The maximum Gasteiger partial charge on any atom is 0.305 e. The van der Waals surface area contributed by atoms with Crippen LogP contribution in [-0.4, -0.2) is 47.4 Å². The normalized spacial score (nSPS) is 12.4. The molecule has 6 heteroatoms. The van der Waals surface area contributed by atoms with Crippen LogP contribution in [0.1, 0.15) is 540 Å². The minimum Gasteiger partial charge on any atom is -0.466 e. The first-order chi connectivity index (χ1) is 48.5. The number of carbonyl (C=O) groups is 2. The van der Waals surface area contributed by atoms with Gasteiger partial charge in [0.05, 0.1) is 25.4 Å². The molecule has 2 unspecified atom stereocenters. The second-order valence-corrected chi connectivity index (χ2v) is 32.0. The number of aliphatic hydroxyl groups excluding tert-OH is 2. The van der Waals surface area contributed by atoms with Crippen LogP contribution >= 0.6 is 0 Å². The van der Waals surface area contributed by atoms with Crippen LogP contribution < -0.4 is 5.32 Å². The van der Waals surface area contributed by atoms with Gasteiger partial charge in [-0.05, 0) is 32.1 Å². The van der Waals surface area contributed by atoms with Gasteiger partial charge in [-0.1, -0.05) is 508 Å². The van der Waals surface area contributed by atoms with E-state index in [0.29, 0.717) is 19.4 Å². The van der Waals surface area contributed by atoms with E-state index in [1.54, 1.807) is 6.08 Å². The second-order valence-electron chi connectivity index (χ2n) is 32.0. The van der Waals surface area contributed by atoms with E-state index in [1.807, 2.05) is 6.08 Å². The zero-order valence-electron chi connectivity index (χ0n) is 67.3. The number of aliphatic hydroxyl groups is 2. The number of hydrogen-bond acceptors (Lipinski definition) is 5. The molecular formula is C92H181NO5. The van der Waals surface area contributed by atoms with Gasteiger partial charge in [0.25, 0.3) is 0 Å². The molecular weight excluding hydrogens is 1200 g/mol. The van der Waals surface area contributed by atoms with Gasteiger partial charge in [0, 0.05) is 12.8 Å². The van der Waals surface area contributed by atoms with Crippen LogP contribution in [0.4, 0.5) is 0 Å². The van der Waals surface area contributed by atoms with Crippen molar-refractivity contribution in [3.8, 4) is 0 Å². The minimum absolute atomic E-state index is 0.0303. The molecule has 0 aliphatic heterocycles. The van der Waals surface area contributed by atoms with E-state index < -0.39 is 12.1 Å². The Labute approximate surface area is 616 Å². The van der Waals surface area contributed by atoms with E-state index >= 15 is 0 Å². The molecule has 0 aromatic carbocycles. The number of ether oxygens (including phenoxy) is 1. The number of allylic oxidation sites excluding steroid dienone is 1. The molecule has 2 atom stereocenters. The average molecular weight is 1380 g/mol. The van der Waals surface area contributed by atoms with E-state index in [4.69, 9.17) is 4.74 Å². The predicted molar refractivity (Wildman–Crippen MR) is 435 cm³/mol. The van der Waals surface area contributed by atoms with E-state index in [-0.39, 0.29) is 18.5 Å². The highest BCUT2D eigenvalue weighted by atomic mass is 16.5. The molecule has 0 aliphatic rings. The highest BCUT2D eigenvalue weighted by molar-refractivity contribution is 5.76. The topological polar surface area (TPSA) is 95.9 Å². The van der Waals surface area contributed by atoms with Gasteiger partial charge in [0.15, 0.2) is 0 Å². The van der Waals surface area contributed by atoms with Crippen LogP contribution in [-0.2, 0) is 14.3 Å². The summed E-state index contributed by atoms with van der Waals surface area (Å²) in [6.07, 6.45) is 114. The summed E-state index contributed by atoms with van der Waals surface area (Å²) >= 11 is 0. The van der Waals surface area contributed by atoms with Gasteiger partial charge in [-0.2, -0.15) is 0 Å². The number of esters is 1. The molecule has 0 radical (unpaired) electrons. The first-order valence-corrected chi connectivity index (χ1v) is 46.0. The summed E-state index contributed by atoms with van der Waals surface area (Å²) in [5.74, 6) is -0.0253. The van der Waals surface area contributed by atoms with Crippen molar-refractivity contribution in [2.24, 2.45) is 0 Å². The monoisotopic (exact) mass is 1380 g/mol. The summed E-state index contributed by atoms with van der Waals surface area (Å²) in [7, 11) is 0. The number of unbranched alkanes of at least 4 members (excludes halogenated alkanes) is 77. The van der Waals surface area contributed by atoms with Gasteiger partial charge in [0.2, 0.25) is 5.91 Å². The summed E-state index contributed by atoms with van der Waals surface area (Å²) in [6, 6.07) is -0.624. The van der Waals surface area contributed by atoms with Crippen molar-refractivity contribution >= 4 is 11.9 Å². The Hall–Kier alpha value is -1.40. The lowest BCUT2D eigenvalue weighted by Crippen LogP contribution is -2.45. The molecule has 0 aromatic heterocycles. The van der Waals surface area contributed by atoms with E-state index in [0.717, 1.165) is 38.5 Å². The fourth-order valence-corrected chi connectivity index (χ4v) is 15.1. The largest absolute Gasteiger partial charge is 0.466 e. The van der Waals surface area contributed by atoms with Crippen LogP contribution in [0.2, 0.25) is 0 Å². The molecule has 6 nitrogen and oxygen atoms in total. The van der Waals surface area contributed by atoms with Gasteiger partial charge in [-0.3, -0.25) is 9.59 Å². The maximum absolute atomic E-state index is 12.6. The summed E-state index contributed by atoms with van der Waals surface area (Å²) in [5.41, 5.74) is 0. The third-order valence-electron chi connectivity index (χ3n) is 22.1. The quantitative estimate of drug-likeness (QED) is 0.0320. The van der Waals surface area contributed by atoms with Crippen molar-refractivity contribution in [1.29, 1.82) is 0 Å². The van der Waals surface area contributed by atoms with Gasteiger partial charge in [0.1, 0.15) is 0 Å². The Bertz CT molecular complexity index is 1500.